The van der Waals surface area contributed by atoms with Crippen LogP contribution in [-0.4, -0.2) is 34.6 Å². The summed E-state index contributed by atoms with van der Waals surface area (Å²) in [6.07, 6.45) is 0.844. The Morgan fingerprint density at radius 1 is 1.39 bits per heavy atom. The molecule has 0 saturated heterocycles. The normalized spacial score (nSPS) is 10.9. The summed E-state index contributed by atoms with van der Waals surface area (Å²) in [5, 5.41) is 6.36. The molecule has 7 nitrogen and oxygen atoms in total. The highest BCUT2D eigenvalue weighted by Gasteiger charge is 2.21. The second-order valence-corrected chi connectivity index (χ2v) is 4.68. The fraction of sp³-hybridized carbons (Fsp3) is 0.545. The monoisotopic (exact) mass is 255 g/mol. The molecule has 0 fully saturated rings. The van der Waals surface area contributed by atoms with Crippen molar-refractivity contribution in [3.8, 4) is 0 Å². The lowest BCUT2D eigenvalue weighted by Crippen LogP contribution is -2.27. The van der Waals surface area contributed by atoms with Gasteiger partial charge < -0.3 is 9.47 Å². The van der Waals surface area contributed by atoms with Gasteiger partial charge in [-0.05, 0) is 20.8 Å². The van der Waals surface area contributed by atoms with Crippen molar-refractivity contribution in [1.29, 1.82) is 0 Å². The first-order valence-electron chi connectivity index (χ1n) is 5.35. The van der Waals surface area contributed by atoms with E-state index in [-0.39, 0.29) is 11.4 Å². The van der Waals surface area contributed by atoms with Crippen molar-refractivity contribution in [2.45, 2.75) is 26.4 Å². The second-order valence-electron chi connectivity index (χ2n) is 4.68. The number of carbonyl (C=O) groups excluding carboxylic acids is 2. The van der Waals surface area contributed by atoms with Crippen LogP contribution in [0.4, 0.5) is 10.5 Å². The Hall–Kier alpha value is -2.05. The Labute approximate surface area is 105 Å². The summed E-state index contributed by atoms with van der Waals surface area (Å²) in [6.45, 7) is 5.24. The van der Waals surface area contributed by atoms with Crippen LogP contribution in [0.15, 0.2) is 6.20 Å². The minimum Gasteiger partial charge on any atom is -0.464 e. The molecule has 100 valence electrons. The van der Waals surface area contributed by atoms with Gasteiger partial charge in [-0.1, -0.05) is 0 Å². The zero-order chi connectivity index (χ0) is 13.9. The van der Waals surface area contributed by atoms with E-state index in [0.29, 0.717) is 0 Å². The molecule has 1 aromatic heterocycles. The van der Waals surface area contributed by atoms with Gasteiger partial charge in [-0.15, -0.1) is 0 Å². The van der Waals surface area contributed by atoms with E-state index in [9.17, 15) is 9.59 Å². The van der Waals surface area contributed by atoms with Crippen molar-refractivity contribution in [1.82, 2.24) is 9.78 Å². The van der Waals surface area contributed by atoms with Gasteiger partial charge in [0.2, 0.25) is 0 Å². The molecule has 1 amide bonds. The van der Waals surface area contributed by atoms with Crippen molar-refractivity contribution in [2.75, 3.05) is 12.4 Å². The summed E-state index contributed by atoms with van der Waals surface area (Å²) >= 11 is 0. The molecule has 1 aromatic rings. The van der Waals surface area contributed by atoms with Gasteiger partial charge >= 0.3 is 12.1 Å². The molecule has 0 aromatic carbocycles. The zero-order valence-corrected chi connectivity index (χ0v) is 11.1. The van der Waals surface area contributed by atoms with E-state index in [1.807, 2.05) is 0 Å². The number of ether oxygens (including phenoxy) is 2. The lowest BCUT2D eigenvalue weighted by molar-refractivity contribution is 0.0594. The summed E-state index contributed by atoms with van der Waals surface area (Å²) in [5.41, 5.74) is -0.331. The van der Waals surface area contributed by atoms with E-state index in [0.717, 1.165) is 0 Å². The standard InChI is InChI=1S/C11H17N3O4/c1-11(2,3)18-10(16)12-7-6-14(4)13-8(7)9(15)17-5/h6H,1-5H3,(H,12,16). The largest absolute Gasteiger partial charge is 0.464 e. The highest BCUT2D eigenvalue weighted by Crippen LogP contribution is 2.16. The highest BCUT2D eigenvalue weighted by molar-refractivity contribution is 5.97. The summed E-state index contributed by atoms with van der Waals surface area (Å²) in [5.74, 6) is -0.623. The number of nitrogens with zero attached hydrogens (tertiary/aromatic N) is 2. The third-order valence-electron chi connectivity index (χ3n) is 1.84. The number of nitrogens with one attached hydrogen (secondary N) is 1. The topological polar surface area (TPSA) is 82.5 Å². The Morgan fingerprint density at radius 3 is 2.50 bits per heavy atom. The van der Waals surface area contributed by atoms with Gasteiger partial charge in [0.05, 0.1) is 12.8 Å². The van der Waals surface area contributed by atoms with Crippen molar-refractivity contribution in [3.63, 3.8) is 0 Å². The summed E-state index contributed by atoms with van der Waals surface area (Å²) in [4.78, 5) is 23.0. The number of hydrogen-bond donors (Lipinski definition) is 1. The van der Waals surface area contributed by atoms with Gasteiger partial charge in [0.25, 0.3) is 0 Å². The highest BCUT2D eigenvalue weighted by atomic mass is 16.6. The average molecular weight is 255 g/mol. The molecule has 7 heteroatoms. The van der Waals surface area contributed by atoms with Gasteiger partial charge in [0.1, 0.15) is 5.60 Å². The fourth-order valence-corrected chi connectivity index (χ4v) is 1.24. The molecular formula is C11H17N3O4. The maximum absolute atomic E-state index is 11.6. The zero-order valence-electron chi connectivity index (χ0n) is 11.1. The van der Waals surface area contributed by atoms with Gasteiger partial charge in [-0.2, -0.15) is 5.10 Å². The number of hydrogen-bond acceptors (Lipinski definition) is 5. The molecule has 1 N–H and O–H groups in total. The number of aryl methyl sites for hydroxylation is 1. The summed E-state index contributed by atoms with van der Waals surface area (Å²) in [7, 11) is 2.88. The van der Waals surface area contributed by atoms with Gasteiger partial charge in [0.15, 0.2) is 5.69 Å². The number of carbonyl (C=O) groups is 2. The number of anilines is 1. The van der Waals surface area contributed by atoms with E-state index in [4.69, 9.17) is 4.74 Å². The predicted octanol–water partition coefficient (Wildman–Crippen LogP) is 1.55. The van der Waals surface area contributed by atoms with E-state index < -0.39 is 17.7 Å². The molecule has 0 atom stereocenters. The lowest BCUT2D eigenvalue weighted by atomic mass is 10.2. The molecule has 1 rings (SSSR count). The Morgan fingerprint density at radius 2 is 2.00 bits per heavy atom. The van der Waals surface area contributed by atoms with Crippen LogP contribution in [0.5, 0.6) is 0 Å². The SMILES string of the molecule is COC(=O)c1nn(C)cc1NC(=O)OC(C)(C)C. The van der Waals surface area contributed by atoms with Crippen molar-refractivity contribution < 1.29 is 19.1 Å². The van der Waals surface area contributed by atoms with Crippen molar-refractivity contribution in [2.24, 2.45) is 7.05 Å². The number of rotatable bonds is 2. The Balaban J connectivity index is 2.84. The average Bonchev–Trinajstić information content (AvgIpc) is 2.55. The quantitative estimate of drug-likeness (QED) is 0.811. The minimum absolute atomic E-state index is 0.0332. The first kappa shape index (κ1) is 14.0. The van der Waals surface area contributed by atoms with Crippen molar-refractivity contribution in [3.05, 3.63) is 11.9 Å². The van der Waals surface area contributed by atoms with Crippen LogP contribution in [-0.2, 0) is 16.5 Å². The van der Waals surface area contributed by atoms with Crippen LogP contribution < -0.4 is 5.32 Å². The number of esters is 1. The minimum atomic E-state index is -0.652. The molecule has 0 radical (unpaired) electrons. The second kappa shape index (κ2) is 5.07. The van der Waals surface area contributed by atoms with Gasteiger partial charge in [-0.3, -0.25) is 10.00 Å². The molecule has 0 bridgehead atoms. The van der Waals surface area contributed by atoms with Crippen LogP contribution in [0.2, 0.25) is 0 Å². The molecule has 18 heavy (non-hydrogen) atoms. The van der Waals surface area contributed by atoms with E-state index in [1.54, 1.807) is 27.8 Å². The smallest absolute Gasteiger partial charge is 0.412 e. The Bertz CT molecular complexity index is 459. The van der Waals surface area contributed by atoms with E-state index in [1.165, 1.54) is 18.0 Å². The molecule has 0 aliphatic carbocycles. The third kappa shape index (κ3) is 3.76. The van der Waals surface area contributed by atoms with Gasteiger partial charge in [0, 0.05) is 13.2 Å². The summed E-state index contributed by atoms with van der Waals surface area (Å²) in [6, 6.07) is 0. The third-order valence-corrected chi connectivity index (χ3v) is 1.84. The predicted molar refractivity (Wildman–Crippen MR) is 64.4 cm³/mol. The van der Waals surface area contributed by atoms with E-state index >= 15 is 0 Å². The molecule has 0 aliphatic rings. The number of amides is 1. The van der Waals surface area contributed by atoms with E-state index in [2.05, 4.69) is 15.2 Å². The molecule has 0 spiro atoms. The van der Waals surface area contributed by atoms with Crippen LogP contribution in [0, 0.1) is 0 Å². The fourth-order valence-electron chi connectivity index (χ4n) is 1.24. The first-order valence-corrected chi connectivity index (χ1v) is 5.35. The first-order chi connectivity index (χ1) is 8.23. The Kier molecular flexibility index (Phi) is 3.95. The van der Waals surface area contributed by atoms with Crippen LogP contribution in [0.3, 0.4) is 0 Å². The van der Waals surface area contributed by atoms with Gasteiger partial charge in [-0.25, -0.2) is 9.59 Å². The molecule has 0 saturated carbocycles. The molecular weight excluding hydrogens is 238 g/mol. The molecule has 0 aliphatic heterocycles. The lowest BCUT2D eigenvalue weighted by Gasteiger charge is -2.19. The summed E-state index contributed by atoms with van der Waals surface area (Å²) < 4.78 is 11.0. The maximum Gasteiger partial charge on any atom is 0.412 e. The maximum atomic E-state index is 11.6. The number of methoxy groups -OCH3 is 1. The number of aromatic nitrogens is 2. The van der Waals surface area contributed by atoms with Crippen LogP contribution >= 0.6 is 0 Å². The van der Waals surface area contributed by atoms with Crippen molar-refractivity contribution >= 4 is 17.7 Å². The molecule has 0 unspecified atom stereocenters. The molecule has 1 heterocycles. The van der Waals surface area contributed by atoms with Crippen LogP contribution in [0.1, 0.15) is 31.3 Å². The van der Waals surface area contributed by atoms with Crippen LogP contribution in [0.25, 0.3) is 0 Å².